The Morgan fingerprint density at radius 2 is 1.60 bits per heavy atom. The molecule has 0 spiro atoms. The molecule has 0 aliphatic carbocycles. The summed E-state index contributed by atoms with van der Waals surface area (Å²) in [7, 11) is 0. The molecule has 0 saturated heterocycles. The van der Waals surface area contributed by atoms with Crippen LogP contribution in [0.25, 0.3) is 0 Å². The van der Waals surface area contributed by atoms with Gasteiger partial charge < -0.3 is 14.8 Å². The van der Waals surface area contributed by atoms with Crippen molar-refractivity contribution in [3.05, 3.63) is 59.8 Å². The predicted molar refractivity (Wildman–Crippen MR) is 107 cm³/mol. The largest absolute Gasteiger partial charge is 0.386 e. The number of hydrogen-bond acceptors (Lipinski definition) is 3. The van der Waals surface area contributed by atoms with E-state index in [9.17, 15) is 0 Å². The molecule has 0 radical (unpaired) electrons. The molecule has 0 atom stereocenters. The third kappa shape index (κ3) is 10.8. The first kappa shape index (κ1) is 21.5. The Morgan fingerprint density at radius 3 is 2.24 bits per heavy atom. The monoisotopic (exact) mass is 345 g/mol. The van der Waals surface area contributed by atoms with Crippen molar-refractivity contribution in [1.82, 2.24) is 5.32 Å². The standard InChI is InChI=1S/C22H35NO2/c1-18(2)20(4)12-14-24-16-17-25-15-13-23-21(5)8-11-22-9-6-19(3)7-10-22/h6-7,9-10,18,23H,4-5,8,11-17H2,1-3H3. The molecule has 1 rings (SSSR count). The van der Waals surface area contributed by atoms with Gasteiger partial charge >= 0.3 is 0 Å². The van der Waals surface area contributed by atoms with E-state index >= 15 is 0 Å². The molecule has 0 bridgehead atoms. The van der Waals surface area contributed by atoms with E-state index in [0.29, 0.717) is 25.7 Å². The summed E-state index contributed by atoms with van der Waals surface area (Å²) in [4.78, 5) is 0. The summed E-state index contributed by atoms with van der Waals surface area (Å²) in [6, 6.07) is 8.67. The predicted octanol–water partition coefficient (Wildman–Crippen LogP) is 4.67. The minimum absolute atomic E-state index is 0.532. The van der Waals surface area contributed by atoms with Gasteiger partial charge in [-0.3, -0.25) is 0 Å². The molecule has 140 valence electrons. The lowest BCUT2D eigenvalue weighted by Crippen LogP contribution is -2.20. The number of aryl methyl sites for hydroxylation is 2. The van der Waals surface area contributed by atoms with Crippen molar-refractivity contribution in [2.75, 3.05) is 33.0 Å². The van der Waals surface area contributed by atoms with Gasteiger partial charge in [-0.15, -0.1) is 0 Å². The molecule has 0 aliphatic rings. The first-order chi connectivity index (χ1) is 12.0. The van der Waals surface area contributed by atoms with E-state index in [0.717, 1.165) is 38.1 Å². The Bertz CT molecular complexity index is 505. The highest BCUT2D eigenvalue weighted by molar-refractivity contribution is 5.21. The third-order valence-corrected chi connectivity index (χ3v) is 4.21. The second kappa shape index (κ2) is 12.7. The summed E-state index contributed by atoms with van der Waals surface area (Å²) in [5, 5.41) is 3.32. The third-order valence-electron chi connectivity index (χ3n) is 4.21. The SMILES string of the molecule is C=C(CCc1ccc(C)cc1)NCCOCCOCCC(=C)C(C)C. The molecule has 0 saturated carbocycles. The quantitative estimate of drug-likeness (QED) is 0.393. The first-order valence-electron chi connectivity index (χ1n) is 9.29. The Hall–Kier alpha value is -1.58. The van der Waals surface area contributed by atoms with Crippen LogP contribution >= 0.6 is 0 Å². The zero-order valence-corrected chi connectivity index (χ0v) is 16.3. The number of nitrogens with one attached hydrogen (secondary N) is 1. The zero-order valence-electron chi connectivity index (χ0n) is 16.3. The Kier molecular flexibility index (Phi) is 10.9. The zero-order chi connectivity index (χ0) is 18.5. The Balaban J connectivity index is 1.93. The van der Waals surface area contributed by atoms with Crippen LogP contribution in [0.4, 0.5) is 0 Å². The second-order valence-corrected chi connectivity index (χ2v) is 6.80. The van der Waals surface area contributed by atoms with Gasteiger partial charge in [0.2, 0.25) is 0 Å². The van der Waals surface area contributed by atoms with Crippen LogP contribution in [-0.4, -0.2) is 33.0 Å². The van der Waals surface area contributed by atoms with E-state index in [1.807, 2.05) is 0 Å². The molecule has 0 amide bonds. The molecule has 0 aliphatic heterocycles. The van der Waals surface area contributed by atoms with Crippen molar-refractivity contribution in [1.29, 1.82) is 0 Å². The molecule has 3 heteroatoms. The Labute approximate surface area is 154 Å². The van der Waals surface area contributed by atoms with Crippen molar-refractivity contribution in [2.24, 2.45) is 5.92 Å². The summed E-state index contributed by atoms with van der Waals surface area (Å²) in [6.45, 7) is 18.0. The average Bonchev–Trinajstić information content (AvgIpc) is 2.59. The molecular weight excluding hydrogens is 310 g/mol. The van der Waals surface area contributed by atoms with Crippen molar-refractivity contribution in [3.8, 4) is 0 Å². The summed E-state index contributed by atoms with van der Waals surface area (Å²) in [6.07, 6.45) is 2.90. The highest BCUT2D eigenvalue weighted by atomic mass is 16.5. The number of hydrogen-bond donors (Lipinski definition) is 1. The fourth-order valence-electron chi connectivity index (χ4n) is 2.25. The van der Waals surface area contributed by atoms with Gasteiger partial charge in [-0.05, 0) is 37.7 Å². The fraction of sp³-hybridized carbons (Fsp3) is 0.545. The smallest absolute Gasteiger partial charge is 0.0701 e. The van der Waals surface area contributed by atoms with Crippen LogP contribution in [0.5, 0.6) is 0 Å². The number of benzene rings is 1. The summed E-state index contributed by atoms with van der Waals surface area (Å²) < 4.78 is 11.1. The van der Waals surface area contributed by atoms with E-state index in [1.54, 1.807) is 0 Å². The summed E-state index contributed by atoms with van der Waals surface area (Å²) >= 11 is 0. The minimum Gasteiger partial charge on any atom is -0.386 e. The number of allylic oxidation sites excluding steroid dienone is 1. The normalized spacial score (nSPS) is 10.9. The molecule has 3 nitrogen and oxygen atoms in total. The minimum atomic E-state index is 0.532. The van der Waals surface area contributed by atoms with Crippen molar-refractivity contribution in [3.63, 3.8) is 0 Å². The van der Waals surface area contributed by atoms with Gasteiger partial charge in [-0.1, -0.05) is 62.4 Å². The maximum Gasteiger partial charge on any atom is 0.0701 e. The van der Waals surface area contributed by atoms with Crippen LogP contribution < -0.4 is 5.32 Å². The summed E-state index contributed by atoms with van der Waals surface area (Å²) in [5.74, 6) is 0.532. The van der Waals surface area contributed by atoms with E-state index in [4.69, 9.17) is 9.47 Å². The molecule has 1 aromatic rings. The van der Waals surface area contributed by atoms with Gasteiger partial charge in [0, 0.05) is 12.2 Å². The molecule has 1 N–H and O–H groups in total. The number of ether oxygens (including phenoxy) is 2. The van der Waals surface area contributed by atoms with Gasteiger partial charge in [-0.25, -0.2) is 0 Å². The molecule has 0 fully saturated rings. The highest BCUT2D eigenvalue weighted by Gasteiger charge is 2.00. The summed E-state index contributed by atoms with van der Waals surface area (Å²) in [5.41, 5.74) is 4.95. The lowest BCUT2D eigenvalue weighted by molar-refractivity contribution is 0.0501. The van der Waals surface area contributed by atoms with Gasteiger partial charge in [0.25, 0.3) is 0 Å². The maximum atomic E-state index is 5.56. The fourth-order valence-corrected chi connectivity index (χ4v) is 2.25. The van der Waals surface area contributed by atoms with Crippen LogP contribution in [0.15, 0.2) is 48.7 Å². The van der Waals surface area contributed by atoms with Crippen LogP contribution in [0.3, 0.4) is 0 Å². The van der Waals surface area contributed by atoms with Gasteiger partial charge in [0.15, 0.2) is 0 Å². The molecule has 0 heterocycles. The number of rotatable bonds is 14. The maximum absolute atomic E-state index is 5.56. The van der Waals surface area contributed by atoms with Gasteiger partial charge in [-0.2, -0.15) is 0 Å². The lowest BCUT2D eigenvalue weighted by Gasteiger charge is -2.11. The molecule has 0 aromatic heterocycles. The van der Waals surface area contributed by atoms with Crippen LogP contribution in [-0.2, 0) is 15.9 Å². The molecule has 25 heavy (non-hydrogen) atoms. The lowest BCUT2D eigenvalue weighted by atomic mass is 10.0. The molecule has 0 unspecified atom stereocenters. The second-order valence-electron chi connectivity index (χ2n) is 6.80. The molecular formula is C22H35NO2. The topological polar surface area (TPSA) is 30.5 Å². The van der Waals surface area contributed by atoms with Crippen molar-refractivity contribution >= 4 is 0 Å². The van der Waals surface area contributed by atoms with Crippen LogP contribution in [0.2, 0.25) is 0 Å². The average molecular weight is 346 g/mol. The van der Waals surface area contributed by atoms with Crippen molar-refractivity contribution < 1.29 is 9.47 Å². The van der Waals surface area contributed by atoms with E-state index in [1.165, 1.54) is 16.7 Å². The van der Waals surface area contributed by atoms with Crippen LogP contribution in [0, 0.1) is 12.8 Å². The molecule has 1 aromatic carbocycles. The van der Waals surface area contributed by atoms with Gasteiger partial charge in [0.1, 0.15) is 0 Å². The first-order valence-corrected chi connectivity index (χ1v) is 9.29. The van der Waals surface area contributed by atoms with E-state index < -0.39 is 0 Å². The van der Waals surface area contributed by atoms with E-state index in [2.05, 4.69) is 63.5 Å². The van der Waals surface area contributed by atoms with Crippen molar-refractivity contribution in [2.45, 2.75) is 40.0 Å². The Morgan fingerprint density at radius 1 is 0.960 bits per heavy atom. The van der Waals surface area contributed by atoms with Crippen LogP contribution in [0.1, 0.15) is 37.8 Å². The van der Waals surface area contributed by atoms with Gasteiger partial charge in [0.05, 0.1) is 26.4 Å². The highest BCUT2D eigenvalue weighted by Crippen LogP contribution is 2.10. The van der Waals surface area contributed by atoms with E-state index in [-0.39, 0.29) is 0 Å².